The Balaban J connectivity index is 2.51. The Kier molecular flexibility index (Phi) is 5.80. The molecule has 0 radical (unpaired) electrons. The Bertz CT molecular complexity index is 449. The van der Waals surface area contributed by atoms with Gasteiger partial charge in [-0.2, -0.15) is 0 Å². The number of aromatic nitrogens is 1. The topological polar surface area (TPSA) is 71.5 Å². The van der Waals surface area contributed by atoms with E-state index in [1.807, 2.05) is 6.92 Å². The van der Waals surface area contributed by atoms with Gasteiger partial charge in [-0.25, -0.2) is 9.78 Å². The van der Waals surface area contributed by atoms with Crippen molar-refractivity contribution in [3.8, 4) is 0 Å². The van der Waals surface area contributed by atoms with Crippen molar-refractivity contribution in [2.75, 3.05) is 25.1 Å². The monoisotopic (exact) mass is 314 g/mol. The third-order valence-electron chi connectivity index (χ3n) is 1.97. The first-order valence-corrected chi connectivity index (χ1v) is 6.15. The Labute approximate surface area is 114 Å². The number of anilines is 1. The highest BCUT2D eigenvalue weighted by Gasteiger charge is 2.11. The lowest BCUT2D eigenvalue weighted by atomic mass is 10.2. The van der Waals surface area contributed by atoms with Gasteiger partial charge in [0.15, 0.2) is 0 Å². The number of rotatable bonds is 7. The van der Waals surface area contributed by atoms with Crippen molar-refractivity contribution in [2.45, 2.75) is 6.92 Å². The number of pyridine rings is 1. The summed E-state index contributed by atoms with van der Waals surface area (Å²) in [6.07, 6.45) is 1.55. The molecule has 0 saturated carbocycles. The van der Waals surface area contributed by atoms with Gasteiger partial charge in [0.2, 0.25) is 0 Å². The van der Waals surface area contributed by atoms with Crippen LogP contribution < -0.4 is 5.32 Å². The molecule has 0 spiro atoms. The molecule has 0 aliphatic rings. The van der Waals surface area contributed by atoms with Crippen molar-refractivity contribution < 1.29 is 14.6 Å². The van der Waals surface area contributed by atoms with E-state index in [1.54, 1.807) is 6.20 Å². The van der Waals surface area contributed by atoms with Gasteiger partial charge in [0, 0.05) is 17.2 Å². The number of hydrogen-bond acceptors (Lipinski definition) is 4. The van der Waals surface area contributed by atoms with Crippen LogP contribution >= 0.6 is 15.9 Å². The average molecular weight is 315 g/mol. The van der Waals surface area contributed by atoms with Gasteiger partial charge in [-0.15, -0.1) is 0 Å². The van der Waals surface area contributed by atoms with Gasteiger partial charge < -0.3 is 15.2 Å². The van der Waals surface area contributed by atoms with Crippen molar-refractivity contribution in [3.05, 3.63) is 34.5 Å². The van der Waals surface area contributed by atoms with Gasteiger partial charge in [-0.1, -0.05) is 12.2 Å². The number of carboxylic acid groups (broad SMARTS) is 1. The molecule has 0 atom stereocenters. The highest BCUT2D eigenvalue weighted by atomic mass is 79.9. The second-order valence-electron chi connectivity index (χ2n) is 3.79. The maximum absolute atomic E-state index is 11.0. The summed E-state index contributed by atoms with van der Waals surface area (Å²) < 4.78 is 5.92. The summed E-state index contributed by atoms with van der Waals surface area (Å²) in [5, 5.41) is 12.0. The van der Waals surface area contributed by atoms with Gasteiger partial charge in [-0.05, 0) is 28.9 Å². The summed E-state index contributed by atoms with van der Waals surface area (Å²) in [7, 11) is 0. The number of halogens is 1. The van der Waals surface area contributed by atoms with Gasteiger partial charge in [0.05, 0.1) is 13.2 Å². The fourth-order valence-electron chi connectivity index (χ4n) is 1.23. The van der Waals surface area contributed by atoms with Crippen molar-refractivity contribution >= 4 is 27.7 Å². The molecule has 1 aromatic rings. The highest BCUT2D eigenvalue weighted by Crippen LogP contribution is 2.17. The molecule has 1 rings (SSSR count). The van der Waals surface area contributed by atoms with Crippen molar-refractivity contribution in [2.24, 2.45) is 0 Å². The van der Waals surface area contributed by atoms with Crippen LogP contribution in [0.5, 0.6) is 0 Å². The molecular formula is C12H15BrN2O3. The van der Waals surface area contributed by atoms with E-state index in [2.05, 4.69) is 32.8 Å². The molecule has 2 N–H and O–H groups in total. The summed E-state index contributed by atoms with van der Waals surface area (Å²) in [5.41, 5.74) is 1.08. The lowest BCUT2D eigenvalue weighted by molar-refractivity contribution is 0.0697. The van der Waals surface area contributed by atoms with E-state index >= 15 is 0 Å². The zero-order valence-electron chi connectivity index (χ0n) is 10.1. The standard InChI is InChI=1S/C12H15BrN2O3/c1-8(2)7-18-4-3-14-11-10(12(16)17)5-9(13)6-15-11/h5-6H,1,3-4,7H2,2H3,(H,14,15)(H,16,17). The van der Waals surface area contributed by atoms with Crippen LogP contribution in [0.3, 0.4) is 0 Å². The fourth-order valence-corrected chi connectivity index (χ4v) is 1.56. The number of carbonyl (C=O) groups is 1. The average Bonchev–Trinajstić information content (AvgIpc) is 2.29. The minimum absolute atomic E-state index is 0.129. The zero-order chi connectivity index (χ0) is 13.5. The minimum atomic E-state index is -1.02. The van der Waals surface area contributed by atoms with E-state index in [-0.39, 0.29) is 5.56 Å². The molecule has 0 bridgehead atoms. The Morgan fingerprint density at radius 3 is 3.00 bits per heavy atom. The van der Waals surface area contributed by atoms with Gasteiger partial charge >= 0.3 is 5.97 Å². The van der Waals surface area contributed by atoms with E-state index in [4.69, 9.17) is 9.84 Å². The van der Waals surface area contributed by atoms with E-state index in [9.17, 15) is 4.79 Å². The molecule has 1 aromatic heterocycles. The van der Waals surface area contributed by atoms with Gasteiger partial charge in [0.25, 0.3) is 0 Å². The predicted octanol–water partition coefficient (Wildman–Crippen LogP) is 2.55. The third kappa shape index (κ3) is 4.85. The molecule has 98 valence electrons. The van der Waals surface area contributed by atoms with Crippen LogP contribution in [-0.4, -0.2) is 35.8 Å². The quantitative estimate of drug-likeness (QED) is 0.598. The van der Waals surface area contributed by atoms with E-state index in [0.717, 1.165) is 5.57 Å². The Morgan fingerprint density at radius 2 is 2.39 bits per heavy atom. The summed E-state index contributed by atoms with van der Waals surface area (Å²) in [4.78, 5) is 15.0. The maximum atomic E-state index is 11.0. The van der Waals surface area contributed by atoms with Crippen LogP contribution in [0.2, 0.25) is 0 Å². The number of nitrogens with zero attached hydrogens (tertiary/aromatic N) is 1. The molecule has 1 heterocycles. The molecule has 5 nitrogen and oxygen atoms in total. The maximum Gasteiger partial charge on any atom is 0.339 e. The third-order valence-corrected chi connectivity index (χ3v) is 2.41. The van der Waals surface area contributed by atoms with Crippen molar-refractivity contribution in [1.29, 1.82) is 0 Å². The number of ether oxygens (including phenoxy) is 1. The first-order valence-electron chi connectivity index (χ1n) is 5.35. The van der Waals surface area contributed by atoms with Gasteiger partial charge in [0.1, 0.15) is 11.4 Å². The fraction of sp³-hybridized carbons (Fsp3) is 0.333. The lowest BCUT2D eigenvalue weighted by Gasteiger charge is -2.09. The molecule has 0 fully saturated rings. The Hall–Kier alpha value is -1.40. The van der Waals surface area contributed by atoms with Crippen LogP contribution in [-0.2, 0) is 4.74 Å². The smallest absolute Gasteiger partial charge is 0.339 e. The molecule has 0 saturated heterocycles. The van der Waals surface area contributed by atoms with Crippen molar-refractivity contribution in [1.82, 2.24) is 4.98 Å². The van der Waals surface area contributed by atoms with E-state index < -0.39 is 5.97 Å². The number of carboxylic acids is 1. The highest BCUT2D eigenvalue weighted by molar-refractivity contribution is 9.10. The molecule has 0 aliphatic carbocycles. The molecule has 6 heteroatoms. The summed E-state index contributed by atoms with van der Waals surface area (Å²) in [5.74, 6) is -0.682. The molecule has 0 aromatic carbocycles. The van der Waals surface area contributed by atoms with Gasteiger partial charge in [-0.3, -0.25) is 0 Å². The number of nitrogens with one attached hydrogen (secondary N) is 1. The number of hydrogen-bond donors (Lipinski definition) is 2. The molecular weight excluding hydrogens is 300 g/mol. The molecule has 0 amide bonds. The SMILES string of the molecule is C=C(C)COCCNc1ncc(Br)cc1C(=O)O. The van der Waals surface area contributed by atoms with Crippen LogP contribution in [0.25, 0.3) is 0 Å². The zero-order valence-corrected chi connectivity index (χ0v) is 11.7. The van der Waals surface area contributed by atoms with Crippen LogP contribution in [0.15, 0.2) is 28.9 Å². The largest absolute Gasteiger partial charge is 0.478 e. The first-order chi connectivity index (χ1) is 8.50. The van der Waals surface area contributed by atoms with E-state index in [0.29, 0.717) is 30.0 Å². The first kappa shape index (κ1) is 14.7. The van der Waals surface area contributed by atoms with E-state index in [1.165, 1.54) is 6.07 Å². The summed E-state index contributed by atoms with van der Waals surface area (Å²) in [6, 6.07) is 1.51. The lowest BCUT2D eigenvalue weighted by Crippen LogP contribution is -2.14. The minimum Gasteiger partial charge on any atom is -0.478 e. The van der Waals surface area contributed by atoms with Crippen LogP contribution in [0.4, 0.5) is 5.82 Å². The number of aromatic carboxylic acids is 1. The second-order valence-corrected chi connectivity index (χ2v) is 4.71. The van der Waals surface area contributed by atoms with Crippen LogP contribution in [0.1, 0.15) is 17.3 Å². The van der Waals surface area contributed by atoms with Crippen LogP contribution in [0, 0.1) is 0 Å². The molecule has 18 heavy (non-hydrogen) atoms. The second kappa shape index (κ2) is 7.13. The Morgan fingerprint density at radius 1 is 1.67 bits per heavy atom. The predicted molar refractivity (Wildman–Crippen MR) is 73.0 cm³/mol. The molecule has 0 aliphatic heterocycles. The summed E-state index contributed by atoms with van der Waals surface area (Å²) in [6.45, 7) is 7.05. The molecule has 0 unspecified atom stereocenters. The normalized spacial score (nSPS) is 10.1. The summed E-state index contributed by atoms with van der Waals surface area (Å²) >= 11 is 3.19. The van der Waals surface area contributed by atoms with Crippen molar-refractivity contribution in [3.63, 3.8) is 0 Å².